The van der Waals surface area contributed by atoms with E-state index in [1.165, 1.54) is 11.3 Å². The number of aromatic nitrogens is 1. The van der Waals surface area contributed by atoms with Crippen LogP contribution in [0.1, 0.15) is 28.7 Å². The SMILES string of the molecule is CCCNc1ccc(C(=O)NCCc2ccc(Cl)s2)nc1. The topological polar surface area (TPSA) is 54.0 Å². The van der Waals surface area contributed by atoms with Crippen LogP contribution in [0.4, 0.5) is 5.69 Å². The van der Waals surface area contributed by atoms with Crippen LogP contribution >= 0.6 is 22.9 Å². The van der Waals surface area contributed by atoms with Gasteiger partial charge in [-0.1, -0.05) is 18.5 Å². The summed E-state index contributed by atoms with van der Waals surface area (Å²) in [5.74, 6) is -0.153. The number of halogens is 1. The summed E-state index contributed by atoms with van der Waals surface area (Å²) in [4.78, 5) is 17.3. The molecule has 6 heteroatoms. The number of anilines is 1. The summed E-state index contributed by atoms with van der Waals surface area (Å²) < 4.78 is 0.771. The van der Waals surface area contributed by atoms with Gasteiger partial charge in [-0.15, -0.1) is 11.3 Å². The number of hydrogen-bond donors (Lipinski definition) is 2. The molecule has 4 nitrogen and oxygen atoms in total. The van der Waals surface area contributed by atoms with Crippen LogP contribution < -0.4 is 10.6 Å². The van der Waals surface area contributed by atoms with Gasteiger partial charge >= 0.3 is 0 Å². The lowest BCUT2D eigenvalue weighted by atomic mass is 10.3. The summed E-state index contributed by atoms with van der Waals surface area (Å²) >= 11 is 7.40. The fourth-order valence-electron chi connectivity index (χ4n) is 1.78. The van der Waals surface area contributed by atoms with Crippen LogP contribution in [0.5, 0.6) is 0 Å². The minimum atomic E-state index is -0.153. The molecule has 0 atom stereocenters. The van der Waals surface area contributed by atoms with Gasteiger partial charge in [-0.05, 0) is 37.1 Å². The highest BCUT2D eigenvalue weighted by Crippen LogP contribution is 2.21. The third kappa shape index (κ3) is 5.02. The molecule has 2 heterocycles. The van der Waals surface area contributed by atoms with Crippen LogP contribution in [-0.4, -0.2) is 24.0 Å². The molecule has 1 amide bonds. The average molecular weight is 324 g/mol. The van der Waals surface area contributed by atoms with E-state index in [2.05, 4.69) is 22.5 Å². The first kappa shape index (κ1) is 15.8. The number of nitrogens with one attached hydrogen (secondary N) is 2. The van der Waals surface area contributed by atoms with Gasteiger partial charge in [0.05, 0.1) is 16.2 Å². The molecule has 0 unspecified atom stereocenters. The van der Waals surface area contributed by atoms with E-state index in [1.807, 2.05) is 18.2 Å². The number of pyridine rings is 1. The zero-order chi connectivity index (χ0) is 15.1. The van der Waals surface area contributed by atoms with Crippen LogP contribution in [0.15, 0.2) is 30.5 Å². The average Bonchev–Trinajstić information content (AvgIpc) is 2.91. The van der Waals surface area contributed by atoms with Crippen LogP contribution in [0, 0.1) is 0 Å². The fourth-order valence-corrected chi connectivity index (χ4v) is 2.87. The van der Waals surface area contributed by atoms with Gasteiger partial charge in [0.1, 0.15) is 5.69 Å². The molecule has 0 spiro atoms. The summed E-state index contributed by atoms with van der Waals surface area (Å²) in [6.45, 7) is 3.58. The zero-order valence-corrected chi connectivity index (χ0v) is 13.4. The molecule has 0 radical (unpaired) electrons. The largest absolute Gasteiger partial charge is 0.384 e. The number of nitrogens with zero attached hydrogens (tertiary/aromatic N) is 1. The Balaban J connectivity index is 1.79. The summed E-state index contributed by atoms with van der Waals surface area (Å²) in [6.07, 6.45) is 3.51. The molecule has 0 aliphatic carbocycles. The number of hydrogen-bond acceptors (Lipinski definition) is 4. The van der Waals surface area contributed by atoms with Crippen LogP contribution in [0.25, 0.3) is 0 Å². The predicted octanol–water partition coefficient (Wildman–Crippen LogP) is 3.59. The number of carbonyl (C=O) groups excluding carboxylic acids is 1. The monoisotopic (exact) mass is 323 g/mol. The van der Waals surface area contributed by atoms with Crippen molar-refractivity contribution in [2.45, 2.75) is 19.8 Å². The molecule has 0 aliphatic rings. The van der Waals surface area contributed by atoms with E-state index in [0.29, 0.717) is 12.2 Å². The lowest BCUT2D eigenvalue weighted by Crippen LogP contribution is -2.26. The van der Waals surface area contributed by atoms with E-state index in [4.69, 9.17) is 11.6 Å². The minimum absolute atomic E-state index is 0.153. The smallest absolute Gasteiger partial charge is 0.269 e. The molecule has 0 fully saturated rings. The van der Waals surface area contributed by atoms with Gasteiger partial charge in [0.25, 0.3) is 5.91 Å². The van der Waals surface area contributed by atoms with Crippen molar-refractivity contribution in [2.75, 3.05) is 18.4 Å². The lowest BCUT2D eigenvalue weighted by Gasteiger charge is -2.06. The normalized spacial score (nSPS) is 10.4. The van der Waals surface area contributed by atoms with Crippen molar-refractivity contribution in [1.82, 2.24) is 10.3 Å². The Kier molecular flexibility index (Phi) is 6.02. The number of thiophene rings is 1. The first-order valence-electron chi connectivity index (χ1n) is 6.91. The van der Waals surface area contributed by atoms with Gasteiger partial charge in [0, 0.05) is 18.0 Å². The Morgan fingerprint density at radius 3 is 2.76 bits per heavy atom. The Morgan fingerprint density at radius 1 is 1.29 bits per heavy atom. The Bertz CT molecular complexity index is 583. The van der Waals surface area contributed by atoms with E-state index in [0.717, 1.165) is 34.3 Å². The molecule has 112 valence electrons. The van der Waals surface area contributed by atoms with Crippen molar-refractivity contribution in [1.29, 1.82) is 0 Å². The first-order chi connectivity index (χ1) is 10.2. The molecular formula is C15H18ClN3OS. The third-order valence-corrected chi connectivity index (χ3v) is 4.15. The van der Waals surface area contributed by atoms with Gasteiger partial charge in [-0.2, -0.15) is 0 Å². The van der Waals surface area contributed by atoms with E-state index in [9.17, 15) is 4.79 Å². The first-order valence-corrected chi connectivity index (χ1v) is 8.11. The number of carbonyl (C=O) groups is 1. The second-order valence-electron chi connectivity index (χ2n) is 4.57. The van der Waals surface area contributed by atoms with Crippen molar-refractivity contribution in [3.05, 3.63) is 45.4 Å². The summed E-state index contributed by atoms with van der Waals surface area (Å²) in [5.41, 5.74) is 1.36. The molecule has 0 aromatic carbocycles. The molecule has 2 rings (SSSR count). The van der Waals surface area contributed by atoms with Crippen molar-refractivity contribution >= 4 is 34.5 Å². The highest BCUT2D eigenvalue weighted by molar-refractivity contribution is 7.16. The second-order valence-corrected chi connectivity index (χ2v) is 6.37. The summed E-state index contributed by atoms with van der Waals surface area (Å²) in [7, 11) is 0. The molecule has 0 aliphatic heterocycles. The van der Waals surface area contributed by atoms with Crippen molar-refractivity contribution in [3.8, 4) is 0 Å². The van der Waals surface area contributed by atoms with Gasteiger partial charge in [0.15, 0.2) is 0 Å². The minimum Gasteiger partial charge on any atom is -0.384 e. The lowest BCUT2D eigenvalue weighted by molar-refractivity contribution is 0.0949. The van der Waals surface area contributed by atoms with E-state index in [1.54, 1.807) is 12.3 Å². The molecule has 2 aromatic rings. The molecule has 0 saturated carbocycles. The van der Waals surface area contributed by atoms with Crippen molar-refractivity contribution < 1.29 is 4.79 Å². The standard InChI is InChI=1S/C15H18ClN3OS/c1-2-8-17-11-3-5-13(19-10-11)15(20)18-9-7-12-4-6-14(16)21-12/h3-6,10,17H,2,7-9H2,1H3,(H,18,20). The predicted molar refractivity (Wildman–Crippen MR) is 88.4 cm³/mol. The quantitative estimate of drug-likeness (QED) is 0.818. The van der Waals surface area contributed by atoms with Crippen LogP contribution in [-0.2, 0) is 6.42 Å². The van der Waals surface area contributed by atoms with Crippen LogP contribution in [0.3, 0.4) is 0 Å². The maximum atomic E-state index is 11.9. The summed E-state index contributed by atoms with van der Waals surface area (Å²) in [5, 5.41) is 6.08. The molecule has 0 bridgehead atoms. The zero-order valence-electron chi connectivity index (χ0n) is 11.9. The van der Waals surface area contributed by atoms with Crippen molar-refractivity contribution in [2.24, 2.45) is 0 Å². The molecule has 2 N–H and O–H groups in total. The molecule has 21 heavy (non-hydrogen) atoms. The highest BCUT2D eigenvalue weighted by atomic mass is 35.5. The van der Waals surface area contributed by atoms with E-state index < -0.39 is 0 Å². The molecule has 2 aromatic heterocycles. The number of amides is 1. The highest BCUT2D eigenvalue weighted by Gasteiger charge is 2.07. The molecular weight excluding hydrogens is 306 g/mol. The van der Waals surface area contributed by atoms with Gasteiger partial charge in [-0.25, -0.2) is 4.98 Å². The maximum absolute atomic E-state index is 11.9. The Hall–Kier alpha value is -1.59. The van der Waals surface area contributed by atoms with Crippen molar-refractivity contribution in [3.63, 3.8) is 0 Å². The fraction of sp³-hybridized carbons (Fsp3) is 0.333. The van der Waals surface area contributed by atoms with Gasteiger partial charge in [-0.3, -0.25) is 4.79 Å². The Labute approximate surface area is 133 Å². The second kappa shape index (κ2) is 8.00. The van der Waals surface area contributed by atoms with E-state index in [-0.39, 0.29) is 5.91 Å². The van der Waals surface area contributed by atoms with Gasteiger partial charge in [0.2, 0.25) is 0 Å². The maximum Gasteiger partial charge on any atom is 0.269 e. The number of rotatable bonds is 7. The molecule has 0 saturated heterocycles. The van der Waals surface area contributed by atoms with E-state index >= 15 is 0 Å². The van der Waals surface area contributed by atoms with Crippen LogP contribution in [0.2, 0.25) is 4.34 Å². The van der Waals surface area contributed by atoms with Gasteiger partial charge < -0.3 is 10.6 Å². The third-order valence-electron chi connectivity index (χ3n) is 2.86. The Morgan fingerprint density at radius 2 is 2.14 bits per heavy atom. The summed E-state index contributed by atoms with van der Waals surface area (Å²) in [6, 6.07) is 7.45.